The molecule has 0 bridgehead atoms. The number of hydrogen-bond donors (Lipinski definition) is 1. The van der Waals surface area contributed by atoms with Gasteiger partial charge < -0.3 is 10.5 Å². The first-order valence-corrected chi connectivity index (χ1v) is 8.66. The van der Waals surface area contributed by atoms with Crippen LogP contribution in [0.15, 0.2) is 36.4 Å². The van der Waals surface area contributed by atoms with Crippen molar-refractivity contribution >= 4 is 16.5 Å². The van der Waals surface area contributed by atoms with Crippen molar-refractivity contribution in [2.24, 2.45) is 0 Å². The first-order chi connectivity index (χ1) is 12.3. The van der Waals surface area contributed by atoms with E-state index in [1.807, 2.05) is 18.2 Å². The quantitative estimate of drug-likeness (QED) is 0.750. The van der Waals surface area contributed by atoms with E-state index < -0.39 is 0 Å². The van der Waals surface area contributed by atoms with Gasteiger partial charge in [-0.25, -0.2) is 14.4 Å². The molecule has 136 valence electrons. The molecular formula is C21H24FN3O. The summed E-state index contributed by atoms with van der Waals surface area (Å²) in [5.74, 6) is 0.419. The lowest BCUT2D eigenvalue weighted by Gasteiger charge is -2.23. The Bertz CT molecular complexity index is 948. The maximum Gasteiger partial charge on any atom is 0.131 e. The minimum Gasteiger partial charge on any atom is -0.395 e. The van der Waals surface area contributed by atoms with E-state index in [-0.39, 0.29) is 11.2 Å². The van der Waals surface area contributed by atoms with Gasteiger partial charge in [-0.15, -0.1) is 0 Å². The molecule has 0 radical (unpaired) electrons. The molecule has 26 heavy (non-hydrogen) atoms. The van der Waals surface area contributed by atoms with Gasteiger partial charge in [-0.2, -0.15) is 0 Å². The highest BCUT2D eigenvalue weighted by Crippen LogP contribution is 2.36. The van der Waals surface area contributed by atoms with E-state index in [1.54, 1.807) is 19.2 Å². The van der Waals surface area contributed by atoms with Crippen LogP contribution in [0.5, 0.6) is 0 Å². The van der Waals surface area contributed by atoms with Crippen molar-refractivity contribution in [1.82, 2.24) is 9.97 Å². The van der Waals surface area contributed by atoms with Crippen molar-refractivity contribution in [3.05, 3.63) is 53.7 Å². The van der Waals surface area contributed by atoms with Gasteiger partial charge in [0, 0.05) is 29.9 Å². The summed E-state index contributed by atoms with van der Waals surface area (Å²) in [7, 11) is 1.65. The minimum absolute atomic E-state index is 0.237. The maximum atomic E-state index is 14.2. The minimum atomic E-state index is -0.257. The fourth-order valence-electron chi connectivity index (χ4n) is 3.07. The van der Waals surface area contributed by atoms with Crippen molar-refractivity contribution in [1.29, 1.82) is 0 Å². The number of hydrogen-bond acceptors (Lipinski definition) is 4. The van der Waals surface area contributed by atoms with Gasteiger partial charge in [-0.1, -0.05) is 45.0 Å². The summed E-state index contributed by atoms with van der Waals surface area (Å²) in [6.07, 6.45) is 0.589. The summed E-state index contributed by atoms with van der Waals surface area (Å²) in [5.41, 5.74) is 9.03. The van der Waals surface area contributed by atoms with Gasteiger partial charge in [0.2, 0.25) is 0 Å². The van der Waals surface area contributed by atoms with E-state index in [2.05, 4.69) is 25.8 Å². The van der Waals surface area contributed by atoms with E-state index in [1.165, 1.54) is 6.07 Å². The first kappa shape index (κ1) is 18.3. The predicted molar refractivity (Wildman–Crippen MR) is 104 cm³/mol. The maximum absolute atomic E-state index is 14.2. The monoisotopic (exact) mass is 353 g/mol. The first-order valence-electron chi connectivity index (χ1n) is 8.66. The number of nitrogens with zero attached hydrogens (tertiary/aromatic N) is 2. The lowest BCUT2D eigenvalue weighted by atomic mass is 9.88. The SMILES string of the molecule is COCCc1nc(-c2ccc(F)c3ccccc23)c(N)c(C(C)(C)C)n1. The summed E-state index contributed by atoms with van der Waals surface area (Å²) >= 11 is 0. The molecule has 4 nitrogen and oxygen atoms in total. The number of nitrogen functional groups attached to an aromatic ring is 1. The van der Waals surface area contributed by atoms with Crippen LogP contribution < -0.4 is 5.73 Å². The smallest absolute Gasteiger partial charge is 0.131 e. The second kappa shape index (κ2) is 7.00. The molecule has 0 amide bonds. The lowest BCUT2D eigenvalue weighted by molar-refractivity contribution is 0.200. The molecule has 1 aromatic heterocycles. The van der Waals surface area contributed by atoms with Gasteiger partial charge >= 0.3 is 0 Å². The Hall–Kier alpha value is -2.53. The van der Waals surface area contributed by atoms with Gasteiger partial charge in [0.15, 0.2) is 0 Å². The second-order valence-corrected chi connectivity index (χ2v) is 7.38. The standard InChI is InChI=1S/C21H24FN3O/c1-21(2,3)20-18(23)19(24-17(25-20)11-12-26-4)15-9-10-16(22)14-8-6-5-7-13(14)15/h5-10H,11-12,23H2,1-4H3. The number of benzene rings is 2. The fraction of sp³-hybridized carbons (Fsp3) is 0.333. The van der Waals surface area contributed by atoms with Gasteiger partial charge in [-0.05, 0) is 17.5 Å². The molecule has 5 heteroatoms. The molecule has 0 fully saturated rings. The highest BCUT2D eigenvalue weighted by atomic mass is 19.1. The molecule has 0 aliphatic rings. The Kier molecular flexibility index (Phi) is 4.92. The zero-order valence-corrected chi connectivity index (χ0v) is 15.6. The number of ether oxygens (including phenoxy) is 1. The summed E-state index contributed by atoms with van der Waals surface area (Å²) in [6, 6.07) is 10.6. The van der Waals surface area contributed by atoms with Crippen molar-refractivity contribution < 1.29 is 9.13 Å². The van der Waals surface area contributed by atoms with Crippen LogP contribution in [-0.4, -0.2) is 23.7 Å². The summed E-state index contributed by atoms with van der Waals surface area (Å²) < 4.78 is 19.4. The Morgan fingerprint density at radius 2 is 1.73 bits per heavy atom. The van der Waals surface area contributed by atoms with E-state index in [0.717, 1.165) is 16.6 Å². The molecule has 0 aliphatic heterocycles. The number of aromatic nitrogens is 2. The Morgan fingerprint density at radius 3 is 2.38 bits per heavy atom. The zero-order valence-electron chi connectivity index (χ0n) is 15.6. The van der Waals surface area contributed by atoms with Crippen LogP contribution in [0, 0.1) is 5.82 Å². The molecule has 0 saturated carbocycles. The average molecular weight is 353 g/mol. The Labute approximate surface area is 153 Å². The topological polar surface area (TPSA) is 61.0 Å². The lowest BCUT2D eigenvalue weighted by Crippen LogP contribution is -2.20. The van der Waals surface area contributed by atoms with Crippen LogP contribution in [0.3, 0.4) is 0 Å². The Morgan fingerprint density at radius 1 is 1.04 bits per heavy atom. The fourth-order valence-corrected chi connectivity index (χ4v) is 3.07. The number of halogens is 1. The molecule has 0 aliphatic carbocycles. The van der Waals surface area contributed by atoms with Crippen molar-refractivity contribution in [2.45, 2.75) is 32.6 Å². The third-order valence-corrected chi connectivity index (χ3v) is 4.36. The highest BCUT2D eigenvalue weighted by Gasteiger charge is 2.24. The molecule has 0 spiro atoms. The molecule has 1 heterocycles. The second-order valence-electron chi connectivity index (χ2n) is 7.38. The van der Waals surface area contributed by atoms with E-state index >= 15 is 0 Å². The largest absolute Gasteiger partial charge is 0.395 e. The molecule has 3 aromatic rings. The van der Waals surface area contributed by atoms with Crippen molar-refractivity contribution in [3.63, 3.8) is 0 Å². The van der Waals surface area contributed by atoms with Crippen LogP contribution in [0.1, 0.15) is 32.3 Å². The van der Waals surface area contributed by atoms with Gasteiger partial charge in [0.1, 0.15) is 11.6 Å². The molecule has 2 aromatic carbocycles. The Balaban J connectivity index is 2.29. The van der Waals surface area contributed by atoms with Crippen LogP contribution in [0.2, 0.25) is 0 Å². The third kappa shape index (κ3) is 3.40. The molecule has 2 N–H and O–H groups in total. The number of fused-ring (bicyclic) bond motifs is 1. The zero-order chi connectivity index (χ0) is 18.9. The van der Waals surface area contributed by atoms with E-state index in [4.69, 9.17) is 15.5 Å². The van der Waals surface area contributed by atoms with Gasteiger partial charge in [-0.3, -0.25) is 0 Å². The molecular weight excluding hydrogens is 329 g/mol. The molecule has 0 atom stereocenters. The molecule has 3 rings (SSSR count). The average Bonchev–Trinajstić information content (AvgIpc) is 2.61. The highest BCUT2D eigenvalue weighted by molar-refractivity contribution is 5.98. The van der Waals surface area contributed by atoms with E-state index in [9.17, 15) is 4.39 Å². The normalized spacial score (nSPS) is 11.9. The number of nitrogens with two attached hydrogens (primary N) is 1. The van der Waals surface area contributed by atoms with Crippen LogP contribution in [-0.2, 0) is 16.6 Å². The number of methoxy groups -OCH3 is 1. The van der Waals surface area contributed by atoms with E-state index in [0.29, 0.717) is 35.6 Å². The third-order valence-electron chi connectivity index (χ3n) is 4.36. The van der Waals surface area contributed by atoms with Gasteiger partial charge in [0.05, 0.1) is 23.7 Å². The number of anilines is 1. The van der Waals surface area contributed by atoms with Crippen molar-refractivity contribution in [3.8, 4) is 11.3 Å². The molecule has 0 unspecified atom stereocenters. The summed E-state index contributed by atoms with van der Waals surface area (Å²) in [6.45, 7) is 6.73. The molecule has 0 saturated heterocycles. The predicted octanol–water partition coefficient (Wildman–Crippen LogP) is 4.50. The van der Waals surface area contributed by atoms with Crippen LogP contribution in [0.25, 0.3) is 22.0 Å². The number of rotatable bonds is 4. The summed E-state index contributed by atoms with van der Waals surface area (Å²) in [4.78, 5) is 9.37. The van der Waals surface area contributed by atoms with Crippen LogP contribution >= 0.6 is 0 Å². The summed E-state index contributed by atoms with van der Waals surface area (Å²) in [5, 5.41) is 1.34. The van der Waals surface area contributed by atoms with Crippen LogP contribution in [0.4, 0.5) is 10.1 Å². The van der Waals surface area contributed by atoms with Gasteiger partial charge in [0.25, 0.3) is 0 Å². The van der Waals surface area contributed by atoms with Crippen molar-refractivity contribution in [2.75, 3.05) is 19.5 Å².